The number of fused-ring (bicyclic) bond motifs is 4. The molecule has 2 aliphatic rings. The van der Waals surface area contributed by atoms with E-state index in [2.05, 4.69) is 142 Å². The Kier molecular flexibility index (Phi) is 9.76. The minimum absolute atomic E-state index is 0.00437. The Morgan fingerprint density at radius 2 is 1.04 bits per heavy atom. The van der Waals surface area contributed by atoms with Crippen LogP contribution in [0.3, 0.4) is 0 Å². The van der Waals surface area contributed by atoms with Crippen molar-refractivity contribution in [3.05, 3.63) is 130 Å². The molecule has 274 valence electrons. The summed E-state index contributed by atoms with van der Waals surface area (Å²) < 4.78 is 8.72. The number of pyridine rings is 2. The quantitative estimate of drug-likeness (QED) is 0.118. The Bertz CT molecular complexity index is 2320. The van der Waals surface area contributed by atoms with Crippen molar-refractivity contribution in [2.45, 2.75) is 65.5 Å². The largest absolute Gasteiger partial charge is 0.355 e. The van der Waals surface area contributed by atoms with E-state index in [9.17, 15) is 9.59 Å². The van der Waals surface area contributed by atoms with Crippen molar-refractivity contribution >= 4 is 56.9 Å². The topological polar surface area (TPSA) is 75.8 Å². The van der Waals surface area contributed by atoms with E-state index in [-0.39, 0.29) is 24.9 Å². The number of nitrogens with one attached hydrogen (secondary N) is 2. The Hall–Kier alpha value is -5.76. The van der Waals surface area contributed by atoms with Gasteiger partial charge in [0.25, 0.3) is 0 Å². The second kappa shape index (κ2) is 14.9. The molecule has 0 radical (unpaired) electrons. The SMILES string of the molecule is Cc1c(/C=C2\CCc3ccc[n+](C)c32)c2ccccc2n1CC(=O)NCCCCNC(=O)Cn1c(C)c(/C=C2\CCc3ccc[n+](C)c32)c2ccccc21. The predicted molar refractivity (Wildman–Crippen MR) is 216 cm³/mol. The van der Waals surface area contributed by atoms with Gasteiger partial charge in [-0.15, -0.1) is 0 Å². The summed E-state index contributed by atoms with van der Waals surface area (Å²) in [5, 5.41) is 8.58. The van der Waals surface area contributed by atoms with Crippen molar-refractivity contribution in [2.75, 3.05) is 13.1 Å². The van der Waals surface area contributed by atoms with Crippen LogP contribution >= 0.6 is 0 Å². The second-order valence-electron chi connectivity index (χ2n) is 14.9. The fourth-order valence-electron chi connectivity index (χ4n) is 8.80. The minimum Gasteiger partial charge on any atom is -0.355 e. The first-order chi connectivity index (χ1) is 26.3. The van der Waals surface area contributed by atoms with Gasteiger partial charge < -0.3 is 19.8 Å². The smallest absolute Gasteiger partial charge is 0.239 e. The molecule has 2 amide bonds. The molecule has 4 heterocycles. The molecular formula is C46H50N6O2+2. The van der Waals surface area contributed by atoms with Crippen LogP contribution in [0.2, 0.25) is 0 Å². The van der Waals surface area contributed by atoms with Crippen LogP contribution in [0, 0.1) is 13.8 Å². The van der Waals surface area contributed by atoms with Gasteiger partial charge in [0.15, 0.2) is 12.4 Å². The predicted octanol–water partition coefficient (Wildman–Crippen LogP) is 6.55. The third kappa shape index (κ3) is 6.66. The lowest BCUT2D eigenvalue weighted by Gasteiger charge is -2.11. The molecule has 0 unspecified atom stereocenters. The summed E-state index contributed by atoms with van der Waals surface area (Å²) in [5.41, 5.74) is 14.8. The van der Waals surface area contributed by atoms with Crippen LogP contribution in [-0.2, 0) is 49.6 Å². The fourth-order valence-corrected chi connectivity index (χ4v) is 8.80. The van der Waals surface area contributed by atoms with Crippen LogP contribution in [0.1, 0.15) is 70.7 Å². The Labute approximate surface area is 317 Å². The summed E-state index contributed by atoms with van der Waals surface area (Å²) in [6.07, 6.45) is 14.6. The Balaban J connectivity index is 0.860. The van der Waals surface area contributed by atoms with Crippen molar-refractivity contribution in [3.63, 3.8) is 0 Å². The van der Waals surface area contributed by atoms with Gasteiger partial charge in [-0.05, 0) is 88.8 Å². The number of carbonyl (C=O) groups excluding carboxylic acids is 2. The zero-order chi connectivity index (χ0) is 37.3. The number of aromatic nitrogens is 4. The average Bonchev–Trinajstić information content (AvgIpc) is 3.91. The molecule has 0 spiro atoms. The van der Waals surface area contributed by atoms with Crippen LogP contribution in [0.4, 0.5) is 0 Å². The summed E-state index contributed by atoms with van der Waals surface area (Å²) >= 11 is 0. The van der Waals surface area contributed by atoms with E-state index < -0.39 is 0 Å². The summed E-state index contributed by atoms with van der Waals surface area (Å²) in [4.78, 5) is 26.4. The van der Waals surface area contributed by atoms with Gasteiger partial charge in [0.05, 0.1) is 0 Å². The number of carbonyl (C=O) groups is 2. The van der Waals surface area contributed by atoms with Crippen molar-refractivity contribution in [3.8, 4) is 0 Å². The Morgan fingerprint density at radius 1 is 0.611 bits per heavy atom. The van der Waals surface area contributed by atoms with E-state index in [0.717, 1.165) is 60.9 Å². The molecule has 2 N–H and O–H groups in total. The standard InChI is InChI=1S/C46H48N6O2/c1-31-39(27-35-21-19-33-13-11-25-49(3)45(33)35)37-15-5-7-17-41(37)51(31)29-43(53)47-23-9-10-24-48-44(54)30-52-32(2)40(38-16-6-8-18-42(38)52)28-36-22-20-34-14-12-26-50(4)46(34)36/h5-8,11-18,25-28H,9-10,19-24,29-30H2,1-4H3/p+2. The van der Waals surface area contributed by atoms with E-state index in [0.29, 0.717) is 13.1 Å². The van der Waals surface area contributed by atoms with Gasteiger partial charge in [-0.25, -0.2) is 9.13 Å². The van der Waals surface area contributed by atoms with Gasteiger partial charge in [0, 0.05) is 91.8 Å². The van der Waals surface area contributed by atoms with Gasteiger partial charge in [-0.2, -0.15) is 0 Å². The first-order valence-electron chi connectivity index (χ1n) is 19.3. The molecule has 0 saturated heterocycles. The number of nitrogens with zero attached hydrogens (tertiary/aromatic N) is 4. The molecule has 0 saturated carbocycles. The van der Waals surface area contributed by atoms with Crippen LogP contribution < -0.4 is 19.8 Å². The molecule has 8 heteroatoms. The van der Waals surface area contributed by atoms with E-state index in [1.54, 1.807) is 0 Å². The number of hydrogen-bond donors (Lipinski definition) is 2. The number of benzene rings is 2. The molecule has 0 atom stereocenters. The third-order valence-corrected chi connectivity index (χ3v) is 11.5. The second-order valence-corrected chi connectivity index (χ2v) is 14.9. The lowest BCUT2D eigenvalue weighted by molar-refractivity contribution is -0.673. The van der Waals surface area contributed by atoms with Crippen LogP contribution in [0.15, 0.2) is 85.2 Å². The first kappa shape index (κ1) is 35.3. The Morgan fingerprint density at radius 3 is 1.48 bits per heavy atom. The summed E-state index contributed by atoms with van der Waals surface area (Å²) in [6, 6.07) is 25.4. The van der Waals surface area contributed by atoms with Gasteiger partial charge in [-0.3, -0.25) is 9.59 Å². The number of amides is 2. The molecule has 2 aliphatic carbocycles. The summed E-state index contributed by atoms with van der Waals surface area (Å²) in [6.45, 7) is 5.91. The van der Waals surface area contributed by atoms with Gasteiger partial charge >= 0.3 is 0 Å². The lowest BCUT2D eigenvalue weighted by Crippen LogP contribution is -2.32. The highest BCUT2D eigenvalue weighted by Crippen LogP contribution is 2.36. The molecule has 0 bridgehead atoms. The molecule has 6 aromatic rings. The van der Waals surface area contributed by atoms with E-state index in [4.69, 9.17) is 0 Å². The zero-order valence-electron chi connectivity index (χ0n) is 31.9. The highest BCUT2D eigenvalue weighted by molar-refractivity contribution is 5.98. The molecule has 0 aliphatic heterocycles. The van der Waals surface area contributed by atoms with E-state index in [1.807, 2.05) is 12.1 Å². The maximum Gasteiger partial charge on any atom is 0.239 e. The molecule has 2 aromatic carbocycles. The normalized spacial score (nSPS) is 15.0. The molecule has 8 rings (SSSR count). The summed E-state index contributed by atoms with van der Waals surface area (Å²) in [7, 11) is 4.23. The number of aryl methyl sites for hydroxylation is 4. The number of para-hydroxylation sites is 2. The minimum atomic E-state index is -0.00437. The zero-order valence-corrected chi connectivity index (χ0v) is 31.9. The maximum absolute atomic E-state index is 13.2. The lowest BCUT2D eigenvalue weighted by atomic mass is 10.1. The number of allylic oxidation sites excluding steroid dienone is 2. The van der Waals surface area contributed by atoms with Crippen molar-refractivity contribution in [2.24, 2.45) is 14.1 Å². The highest BCUT2D eigenvalue weighted by atomic mass is 16.2. The average molecular weight is 719 g/mol. The molecule has 0 fully saturated rings. The third-order valence-electron chi connectivity index (χ3n) is 11.5. The molecule has 8 nitrogen and oxygen atoms in total. The number of unbranched alkanes of at least 4 members (excludes halogenated alkanes) is 1. The van der Waals surface area contributed by atoms with Crippen molar-refractivity contribution in [1.29, 1.82) is 0 Å². The maximum atomic E-state index is 13.2. The summed E-state index contributed by atoms with van der Waals surface area (Å²) in [5.74, 6) is -0.00873. The van der Waals surface area contributed by atoms with Crippen LogP contribution in [-0.4, -0.2) is 34.0 Å². The number of rotatable bonds is 11. The van der Waals surface area contributed by atoms with E-state index in [1.165, 1.54) is 55.6 Å². The van der Waals surface area contributed by atoms with Crippen molar-refractivity contribution < 1.29 is 18.7 Å². The fraction of sp³-hybridized carbons (Fsp3) is 0.304. The van der Waals surface area contributed by atoms with E-state index >= 15 is 0 Å². The number of hydrogen-bond acceptors (Lipinski definition) is 2. The molecule has 4 aromatic heterocycles. The van der Waals surface area contributed by atoms with Gasteiger partial charge in [-0.1, -0.05) is 36.4 Å². The van der Waals surface area contributed by atoms with Gasteiger partial charge in [0.1, 0.15) is 27.2 Å². The van der Waals surface area contributed by atoms with Gasteiger partial charge in [0.2, 0.25) is 23.2 Å². The molecule has 54 heavy (non-hydrogen) atoms. The first-order valence-corrected chi connectivity index (χ1v) is 19.3. The van der Waals surface area contributed by atoms with Crippen LogP contribution in [0.25, 0.3) is 45.1 Å². The van der Waals surface area contributed by atoms with Crippen LogP contribution in [0.5, 0.6) is 0 Å². The molecular weight excluding hydrogens is 669 g/mol. The highest BCUT2D eigenvalue weighted by Gasteiger charge is 2.27. The monoisotopic (exact) mass is 718 g/mol. The van der Waals surface area contributed by atoms with Crippen molar-refractivity contribution in [1.82, 2.24) is 19.8 Å².